The van der Waals surface area contributed by atoms with Gasteiger partial charge in [0.05, 0.1) is 6.61 Å². The second kappa shape index (κ2) is 4.35. The fraction of sp³-hybridized carbons (Fsp3) is 0.750. The molecule has 0 aromatic carbocycles. The van der Waals surface area contributed by atoms with E-state index in [2.05, 4.69) is 10.1 Å². The van der Waals surface area contributed by atoms with Crippen LogP contribution >= 0.6 is 0 Å². The van der Waals surface area contributed by atoms with Crippen molar-refractivity contribution in [1.29, 1.82) is 0 Å². The molecule has 18 heavy (non-hydrogen) atoms. The van der Waals surface area contributed by atoms with E-state index in [1.807, 2.05) is 0 Å². The minimum Gasteiger partial charge on any atom is -0.465 e. The molecular weight excluding hydrogens is 236 g/mol. The molecule has 1 aromatic rings. The Kier molecular flexibility index (Phi) is 2.81. The summed E-state index contributed by atoms with van der Waals surface area (Å²) >= 11 is 0. The number of rotatable bonds is 4. The molecule has 1 unspecified atom stereocenters. The Balaban J connectivity index is 1.78. The minimum atomic E-state index is -0.681. The van der Waals surface area contributed by atoms with Crippen LogP contribution in [0.15, 0.2) is 4.52 Å². The topological polar surface area (TPSA) is 74.5 Å². The standard InChI is InChI=1S/C12H16N2O4/c1-2-16-11(15)12(5-6-12)10-13-9(14-18-10)8-4-3-7-17-8/h8H,2-7H2,1H3. The predicted molar refractivity (Wildman–Crippen MR) is 59.8 cm³/mol. The summed E-state index contributed by atoms with van der Waals surface area (Å²) in [6.45, 7) is 2.89. The van der Waals surface area contributed by atoms with Crippen molar-refractivity contribution >= 4 is 5.97 Å². The molecule has 98 valence electrons. The lowest BCUT2D eigenvalue weighted by Crippen LogP contribution is -2.23. The van der Waals surface area contributed by atoms with Crippen LogP contribution in [0.3, 0.4) is 0 Å². The van der Waals surface area contributed by atoms with Gasteiger partial charge in [0, 0.05) is 6.61 Å². The van der Waals surface area contributed by atoms with Gasteiger partial charge in [0.25, 0.3) is 0 Å². The summed E-state index contributed by atoms with van der Waals surface area (Å²) in [5.74, 6) is 0.678. The molecule has 0 bridgehead atoms. The van der Waals surface area contributed by atoms with E-state index in [9.17, 15) is 4.79 Å². The van der Waals surface area contributed by atoms with E-state index in [1.54, 1.807) is 6.92 Å². The number of esters is 1. The van der Waals surface area contributed by atoms with Crippen molar-refractivity contribution in [2.24, 2.45) is 0 Å². The summed E-state index contributed by atoms with van der Waals surface area (Å²) in [6.07, 6.45) is 3.28. The van der Waals surface area contributed by atoms with Crippen molar-refractivity contribution in [1.82, 2.24) is 10.1 Å². The Hall–Kier alpha value is -1.43. The minimum absolute atomic E-state index is 0.0829. The molecular formula is C12H16N2O4. The summed E-state index contributed by atoms with van der Waals surface area (Å²) in [6, 6.07) is 0. The molecule has 2 aliphatic rings. The van der Waals surface area contributed by atoms with Crippen LogP contribution in [-0.4, -0.2) is 29.3 Å². The number of nitrogens with zero attached hydrogens (tertiary/aromatic N) is 2. The number of hydrogen-bond donors (Lipinski definition) is 0. The molecule has 1 aliphatic carbocycles. The van der Waals surface area contributed by atoms with Crippen LogP contribution in [0.2, 0.25) is 0 Å². The van der Waals surface area contributed by atoms with E-state index >= 15 is 0 Å². The molecule has 0 amide bonds. The van der Waals surface area contributed by atoms with Crippen molar-refractivity contribution in [3.05, 3.63) is 11.7 Å². The van der Waals surface area contributed by atoms with Crippen LogP contribution in [-0.2, 0) is 19.7 Å². The molecule has 1 saturated carbocycles. The maximum atomic E-state index is 11.9. The van der Waals surface area contributed by atoms with Gasteiger partial charge in [0.1, 0.15) is 11.5 Å². The smallest absolute Gasteiger partial charge is 0.321 e. The van der Waals surface area contributed by atoms with Crippen molar-refractivity contribution in [3.63, 3.8) is 0 Å². The van der Waals surface area contributed by atoms with E-state index in [0.29, 0.717) is 18.3 Å². The summed E-state index contributed by atoms with van der Waals surface area (Å²) < 4.78 is 15.8. The fourth-order valence-electron chi connectivity index (χ4n) is 2.24. The summed E-state index contributed by atoms with van der Waals surface area (Å²) in [7, 11) is 0. The first-order valence-electron chi connectivity index (χ1n) is 6.39. The lowest BCUT2D eigenvalue weighted by atomic mass is 10.1. The molecule has 6 nitrogen and oxygen atoms in total. The molecule has 0 spiro atoms. The van der Waals surface area contributed by atoms with Crippen molar-refractivity contribution < 1.29 is 18.8 Å². The third-order valence-corrected chi connectivity index (χ3v) is 3.48. The van der Waals surface area contributed by atoms with Crippen LogP contribution in [0, 0.1) is 0 Å². The first-order valence-corrected chi connectivity index (χ1v) is 6.39. The van der Waals surface area contributed by atoms with E-state index in [1.165, 1.54) is 0 Å². The number of hydrogen-bond acceptors (Lipinski definition) is 6. The lowest BCUT2D eigenvalue weighted by molar-refractivity contribution is -0.146. The van der Waals surface area contributed by atoms with Gasteiger partial charge in [0.2, 0.25) is 11.7 Å². The third-order valence-electron chi connectivity index (χ3n) is 3.48. The van der Waals surface area contributed by atoms with Gasteiger partial charge in [-0.3, -0.25) is 4.79 Å². The summed E-state index contributed by atoms with van der Waals surface area (Å²) in [4.78, 5) is 16.2. The highest BCUT2D eigenvalue weighted by atomic mass is 16.5. The Morgan fingerprint density at radius 3 is 3.00 bits per heavy atom. The lowest BCUT2D eigenvalue weighted by Gasteiger charge is -2.08. The molecule has 6 heteroatoms. The molecule has 0 radical (unpaired) electrons. The van der Waals surface area contributed by atoms with Gasteiger partial charge in [-0.25, -0.2) is 0 Å². The van der Waals surface area contributed by atoms with Crippen LogP contribution in [0.5, 0.6) is 0 Å². The zero-order chi connectivity index (χ0) is 12.6. The first kappa shape index (κ1) is 11.6. The van der Waals surface area contributed by atoms with E-state index < -0.39 is 5.41 Å². The number of aromatic nitrogens is 2. The third kappa shape index (κ3) is 1.80. The average Bonchev–Trinajstić information content (AvgIpc) is 2.83. The largest absolute Gasteiger partial charge is 0.465 e. The average molecular weight is 252 g/mol. The van der Waals surface area contributed by atoms with Gasteiger partial charge in [-0.1, -0.05) is 5.16 Å². The summed E-state index contributed by atoms with van der Waals surface area (Å²) in [5.41, 5.74) is -0.681. The van der Waals surface area contributed by atoms with Crippen molar-refractivity contribution in [2.75, 3.05) is 13.2 Å². The van der Waals surface area contributed by atoms with Crippen molar-refractivity contribution in [3.8, 4) is 0 Å². The molecule has 1 aromatic heterocycles. The van der Waals surface area contributed by atoms with Gasteiger partial charge in [-0.05, 0) is 32.6 Å². The molecule has 2 fully saturated rings. The molecule has 3 rings (SSSR count). The Bertz CT molecular complexity index is 447. The maximum absolute atomic E-state index is 11.9. The number of carbonyl (C=O) groups is 1. The van der Waals surface area contributed by atoms with Crippen LogP contribution in [0.25, 0.3) is 0 Å². The van der Waals surface area contributed by atoms with Gasteiger partial charge < -0.3 is 14.0 Å². The Morgan fingerprint density at radius 2 is 2.39 bits per heavy atom. The van der Waals surface area contributed by atoms with Crippen LogP contribution < -0.4 is 0 Å². The second-order valence-corrected chi connectivity index (χ2v) is 4.76. The zero-order valence-electron chi connectivity index (χ0n) is 10.3. The Morgan fingerprint density at radius 1 is 1.56 bits per heavy atom. The molecule has 2 heterocycles. The van der Waals surface area contributed by atoms with Gasteiger partial charge in [-0.15, -0.1) is 0 Å². The highest BCUT2D eigenvalue weighted by Crippen LogP contribution is 2.48. The maximum Gasteiger partial charge on any atom is 0.321 e. The number of carbonyl (C=O) groups excluding carboxylic acids is 1. The van der Waals surface area contributed by atoms with Crippen LogP contribution in [0.1, 0.15) is 50.4 Å². The molecule has 1 aliphatic heterocycles. The SMILES string of the molecule is CCOC(=O)C1(c2nc(C3CCCO3)no2)CC1. The fourth-order valence-corrected chi connectivity index (χ4v) is 2.24. The number of ether oxygens (including phenoxy) is 2. The zero-order valence-corrected chi connectivity index (χ0v) is 10.3. The molecule has 1 atom stereocenters. The quantitative estimate of drug-likeness (QED) is 0.756. The molecule has 1 saturated heterocycles. The van der Waals surface area contributed by atoms with Gasteiger partial charge in [0.15, 0.2) is 0 Å². The normalized spacial score (nSPS) is 25.1. The van der Waals surface area contributed by atoms with E-state index in [-0.39, 0.29) is 12.1 Å². The van der Waals surface area contributed by atoms with E-state index in [4.69, 9.17) is 14.0 Å². The van der Waals surface area contributed by atoms with Crippen molar-refractivity contribution in [2.45, 2.75) is 44.1 Å². The van der Waals surface area contributed by atoms with Gasteiger partial charge >= 0.3 is 5.97 Å². The monoisotopic (exact) mass is 252 g/mol. The second-order valence-electron chi connectivity index (χ2n) is 4.76. The summed E-state index contributed by atoms with van der Waals surface area (Å²) in [5, 5.41) is 3.93. The van der Waals surface area contributed by atoms with Gasteiger partial charge in [-0.2, -0.15) is 4.98 Å². The highest BCUT2D eigenvalue weighted by Gasteiger charge is 2.57. The van der Waals surface area contributed by atoms with Crippen LogP contribution in [0.4, 0.5) is 0 Å². The Labute approximate surface area is 105 Å². The molecule has 0 N–H and O–H groups in total. The first-order chi connectivity index (χ1) is 8.76. The predicted octanol–water partition coefficient (Wildman–Crippen LogP) is 1.52. The van der Waals surface area contributed by atoms with E-state index in [0.717, 1.165) is 32.3 Å². The highest BCUT2D eigenvalue weighted by molar-refractivity contribution is 5.85.